The SMILES string of the molecule is CC(C)n1nccc1NC(=O)[C@H]1CCCN1S(=O)(=O)c1ccc(Cl)cc1. The summed E-state index contributed by atoms with van der Waals surface area (Å²) in [4.78, 5) is 12.9. The van der Waals surface area contributed by atoms with Gasteiger partial charge in [-0.15, -0.1) is 0 Å². The Bertz CT molecular complexity index is 893. The van der Waals surface area contributed by atoms with Gasteiger partial charge in [0.05, 0.1) is 11.1 Å². The second kappa shape index (κ2) is 7.38. The van der Waals surface area contributed by atoms with Gasteiger partial charge in [-0.25, -0.2) is 13.1 Å². The quantitative estimate of drug-likeness (QED) is 0.842. The van der Waals surface area contributed by atoms with E-state index in [1.54, 1.807) is 16.9 Å². The number of hydrogen-bond acceptors (Lipinski definition) is 4. The van der Waals surface area contributed by atoms with Crippen molar-refractivity contribution in [3.63, 3.8) is 0 Å². The molecule has 0 saturated carbocycles. The van der Waals surface area contributed by atoms with Gasteiger partial charge in [0, 0.05) is 23.7 Å². The number of carbonyl (C=O) groups is 1. The summed E-state index contributed by atoms with van der Waals surface area (Å²) in [5.41, 5.74) is 0. The summed E-state index contributed by atoms with van der Waals surface area (Å²) in [7, 11) is -3.76. The monoisotopic (exact) mass is 396 g/mol. The maximum atomic E-state index is 12.9. The normalized spacial score (nSPS) is 18.4. The zero-order chi connectivity index (χ0) is 18.9. The number of halogens is 1. The maximum absolute atomic E-state index is 12.9. The van der Waals surface area contributed by atoms with E-state index >= 15 is 0 Å². The van der Waals surface area contributed by atoms with Gasteiger partial charge in [-0.05, 0) is 51.0 Å². The molecule has 0 spiro atoms. The van der Waals surface area contributed by atoms with Crippen LogP contribution in [0.4, 0.5) is 5.82 Å². The number of hydrogen-bond donors (Lipinski definition) is 1. The Labute approximate surface area is 158 Å². The molecule has 1 atom stereocenters. The molecular weight excluding hydrogens is 376 g/mol. The molecule has 1 fully saturated rings. The molecule has 1 aromatic carbocycles. The van der Waals surface area contributed by atoms with E-state index < -0.39 is 16.1 Å². The number of anilines is 1. The lowest BCUT2D eigenvalue weighted by molar-refractivity contribution is -0.119. The van der Waals surface area contributed by atoms with Gasteiger partial charge >= 0.3 is 0 Å². The Morgan fingerprint density at radius 2 is 1.96 bits per heavy atom. The molecule has 1 aliphatic heterocycles. The first kappa shape index (κ1) is 18.9. The number of amides is 1. The third kappa shape index (κ3) is 3.62. The average Bonchev–Trinajstić information content (AvgIpc) is 3.24. The summed E-state index contributed by atoms with van der Waals surface area (Å²) in [5, 5.41) is 7.45. The smallest absolute Gasteiger partial charge is 0.243 e. The Kier molecular flexibility index (Phi) is 5.36. The van der Waals surface area contributed by atoms with Crippen molar-refractivity contribution < 1.29 is 13.2 Å². The Morgan fingerprint density at radius 3 is 2.62 bits per heavy atom. The van der Waals surface area contributed by atoms with Crippen LogP contribution >= 0.6 is 11.6 Å². The van der Waals surface area contributed by atoms with Crippen LogP contribution in [0, 0.1) is 0 Å². The Balaban J connectivity index is 1.82. The summed E-state index contributed by atoms with van der Waals surface area (Å²) in [6.45, 7) is 4.22. The summed E-state index contributed by atoms with van der Waals surface area (Å²) in [5.74, 6) is 0.211. The molecule has 7 nitrogen and oxygen atoms in total. The number of rotatable bonds is 5. The Hall–Kier alpha value is -1.90. The van der Waals surface area contributed by atoms with Crippen molar-refractivity contribution in [2.24, 2.45) is 0 Å². The minimum Gasteiger partial charge on any atom is -0.309 e. The molecule has 1 amide bonds. The third-order valence-corrected chi connectivity index (χ3v) is 6.51. The summed E-state index contributed by atoms with van der Waals surface area (Å²) >= 11 is 5.84. The van der Waals surface area contributed by atoms with Crippen LogP contribution in [0.5, 0.6) is 0 Å². The predicted octanol–water partition coefficient (Wildman–Crippen LogP) is 2.91. The highest BCUT2D eigenvalue weighted by Crippen LogP contribution is 2.28. The summed E-state index contributed by atoms with van der Waals surface area (Å²) in [6, 6.07) is 7.01. The van der Waals surface area contributed by atoms with Crippen LogP contribution in [-0.4, -0.2) is 41.0 Å². The van der Waals surface area contributed by atoms with Crippen LogP contribution < -0.4 is 5.32 Å². The molecule has 0 unspecified atom stereocenters. The van der Waals surface area contributed by atoms with Gasteiger partial charge in [0.25, 0.3) is 0 Å². The van der Waals surface area contributed by atoms with E-state index in [0.717, 1.165) is 0 Å². The number of nitrogens with one attached hydrogen (secondary N) is 1. The zero-order valence-electron chi connectivity index (χ0n) is 14.6. The number of sulfonamides is 1. The molecule has 1 saturated heterocycles. The number of carbonyl (C=O) groups excluding carboxylic acids is 1. The molecular formula is C17H21ClN4O3S. The van der Waals surface area contributed by atoms with E-state index in [2.05, 4.69) is 10.4 Å². The van der Waals surface area contributed by atoms with Crippen LogP contribution in [0.15, 0.2) is 41.4 Å². The van der Waals surface area contributed by atoms with E-state index in [9.17, 15) is 13.2 Å². The molecule has 9 heteroatoms. The molecule has 0 aliphatic carbocycles. The van der Waals surface area contributed by atoms with Gasteiger partial charge in [0.2, 0.25) is 15.9 Å². The fourth-order valence-corrected chi connectivity index (χ4v) is 4.85. The van der Waals surface area contributed by atoms with Gasteiger partial charge in [-0.1, -0.05) is 11.6 Å². The second-order valence-corrected chi connectivity index (χ2v) is 8.80. The van der Waals surface area contributed by atoms with Gasteiger partial charge in [0.1, 0.15) is 11.9 Å². The molecule has 1 N–H and O–H groups in total. The second-order valence-electron chi connectivity index (χ2n) is 6.47. The largest absolute Gasteiger partial charge is 0.309 e. The van der Waals surface area contributed by atoms with E-state index in [-0.39, 0.29) is 16.8 Å². The van der Waals surface area contributed by atoms with Crippen molar-refractivity contribution in [2.75, 3.05) is 11.9 Å². The van der Waals surface area contributed by atoms with E-state index in [1.165, 1.54) is 28.6 Å². The molecule has 2 heterocycles. The summed E-state index contributed by atoms with van der Waals surface area (Å²) in [6.07, 6.45) is 2.72. The fourth-order valence-electron chi connectivity index (χ4n) is 3.07. The topological polar surface area (TPSA) is 84.3 Å². The summed E-state index contributed by atoms with van der Waals surface area (Å²) < 4.78 is 28.8. The van der Waals surface area contributed by atoms with Crippen LogP contribution in [0.3, 0.4) is 0 Å². The van der Waals surface area contributed by atoms with Crippen LogP contribution in [-0.2, 0) is 14.8 Å². The lowest BCUT2D eigenvalue weighted by Crippen LogP contribution is -2.43. The van der Waals surface area contributed by atoms with E-state index in [0.29, 0.717) is 30.2 Å². The van der Waals surface area contributed by atoms with Crippen LogP contribution in [0.25, 0.3) is 0 Å². The van der Waals surface area contributed by atoms with Crippen molar-refractivity contribution in [1.82, 2.24) is 14.1 Å². The number of benzene rings is 1. The number of aromatic nitrogens is 2. The number of nitrogens with zero attached hydrogens (tertiary/aromatic N) is 3. The molecule has 140 valence electrons. The molecule has 0 bridgehead atoms. The molecule has 0 radical (unpaired) electrons. The minimum atomic E-state index is -3.76. The van der Waals surface area contributed by atoms with E-state index in [1.807, 2.05) is 13.8 Å². The molecule has 2 aromatic rings. The molecule has 26 heavy (non-hydrogen) atoms. The first-order chi connectivity index (χ1) is 12.3. The zero-order valence-corrected chi connectivity index (χ0v) is 16.2. The standard InChI is InChI=1S/C17H21ClN4O3S/c1-12(2)22-16(9-10-19-22)20-17(23)15-4-3-11-21(15)26(24,25)14-7-5-13(18)6-8-14/h5-10,12,15H,3-4,11H2,1-2H3,(H,20,23)/t15-/m1/s1. The highest BCUT2D eigenvalue weighted by atomic mass is 35.5. The van der Waals surface area contributed by atoms with Crippen LogP contribution in [0.2, 0.25) is 5.02 Å². The van der Waals surface area contributed by atoms with Gasteiger partial charge in [-0.3, -0.25) is 4.79 Å². The lowest BCUT2D eigenvalue weighted by Gasteiger charge is -2.23. The molecule has 1 aliphatic rings. The van der Waals surface area contributed by atoms with Crippen LogP contribution in [0.1, 0.15) is 32.7 Å². The molecule has 3 rings (SSSR count). The predicted molar refractivity (Wildman–Crippen MR) is 99.6 cm³/mol. The van der Waals surface area contributed by atoms with Gasteiger partial charge in [-0.2, -0.15) is 9.40 Å². The Morgan fingerprint density at radius 1 is 1.27 bits per heavy atom. The van der Waals surface area contributed by atoms with Gasteiger partial charge < -0.3 is 5.32 Å². The highest BCUT2D eigenvalue weighted by Gasteiger charge is 2.39. The van der Waals surface area contributed by atoms with Crippen molar-refractivity contribution in [2.45, 2.75) is 43.7 Å². The minimum absolute atomic E-state index is 0.0813. The van der Waals surface area contributed by atoms with Crippen molar-refractivity contribution in [3.8, 4) is 0 Å². The fraction of sp³-hybridized carbons (Fsp3) is 0.412. The third-order valence-electron chi connectivity index (χ3n) is 4.34. The van der Waals surface area contributed by atoms with Crippen molar-refractivity contribution >= 4 is 33.3 Å². The average molecular weight is 397 g/mol. The lowest BCUT2D eigenvalue weighted by atomic mass is 10.2. The molecule has 1 aromatic heterocycles. The first-order valence-electron chi connectivity index (χ1n) is 8.42. The van der Waals surface area contributed by atoms with Crippen molar-refractivity contribution in [3.05, 3.63) is 41.6 Å². The maximum Gasteiger partial charge on any atom is 0.243 e. The van der Waals surface area contributed by atoms with E-state index in [4.69, 9.17) is 11.6 Å². The van der Waals surface area contributed by atoms with Gasteiger partial charge in [0.15, 0.2) is 0 Å². The highest BCUT2D eigenvalue weighted by molar-refractivity contribution is 7.89. The van der Waals surface area contributed by atoms with Crippen molar-refractivity contribution in [1.29, 1.82) is 0 Å². The first-order valence-corrected chi connectivity index (χ1v) is 10.2.